The largest absolute Gasteiger partial charge is 0.468 e. The van der Waals surface area contributed by atoms with E-state index in [-0.39, 0.29) is 12.0 Å². The van der Waals surface area contributed by atoms with Gasteiger partial charge in [-0.25, -0.2) is 0 Å². The molecule has 4 nitrogen and oxygen atoms in total. The van der Waals surface area contributed by atoms with Crippen molar-refractivity contribution >= 4 is 16.9 Å². The lowest BCUT2D eigenvalue weighted by atomic mass is 9.87. The van der Waals surface area contributed by atoms with Crippen molar-refractivity contribution < 1.29 is 9.53 Å². The second-order valence-electron chi connectivity index (χ2n) is 7.30. The third-order valence-electron chi connectivity index (χ3n) is 5.79. The summed E-state index contributed by atoms with van der Waals surface area (Å²) in [6.07, 6.45) is 7.37. The summed E-state index contributed by atoms with van der Waals surface area (Å²) in [5.41, 5.74) is 3.73. The minimum absolute atomic E-state index is 0.0956. The highest BCUT2D eigenvalue weighted by Gasteiger charge is 2.35. The fourth-order valence-electron chi connectivity index (χ4n) is 4.52. The summed E-state index contributed by atoms with van der Waals surface area (Å²) in [4.78, 5) is 18.3. The fraction of sp³-hybridized carbons (Fsp3) is 0.550. The number of nitrogens with zero attached hydrogens (tertiary/aromatic N) is 1. The van der Waals surface area contributed by atoms with Crippen LogP contribution in [0, 0.1) is 5.92 Å². The Morgan fingerprint density at radius 3 is 2.83 bits per heavy atom. The molecule has 1 N–H and O–H groups in total. The summed E-state index contributed by atoms with van der Waals surface area (Å²) in [5, 5.41) is 1.25. The normalized spacial score (nSPS) is 22.5. The van der Waals surface area contributed by atoms with Crippen LogP contribution in [-0.4, -0.2) is 35.5 Å². The van der Waals surface area contributed by atoms with Crippen LogP contribution >= 0.6 is 0 Å². The Labute approximate surface area is 143 Å². The number of hydrogen-bond donors (Lipinski definition) is 1. The number of benzene rings is 1. The Balaban J connectivity index is 1.63. The number of fused-ring (bicyclic) bond motifs is 3. The smallest absolute Gasteiger partial charge is 0.323 e. The Morgan fingerprint density at radius 2 is 2.04 bits per heavy atom. The molecule has 0 saturated heterocycles. The molecule has 0 spiro atoms. The van der Waals surface area contributed by atoms with E-state index in [0.29, 0.717) is 0 Å². The number of hydrogen-bond acceptors (Lipinski definition) is 3. The third-order valence-corrected chi connectivity index (χ3v) is 5.79. The monoisotopic (exact) mass is 326 g/mol. The molecule has 24 heavy (non-hydrogen) atoms. The average molecular weight is 326 g/mol. The summed E-state index contributed by atoms with van der Waals surface area (Å²) in [7, 11) is 1.51. The Bertz CT molecular complexity index is 730. The first-order valence-electron chi connectivity index (χ1n) is 9.16. The molecular weight excluding hydrogens is 300 g/mol. The number of H-pyrrole nitrogens is 1. The van der Waals surface area contributed by atoms with E-state index in [1.54, 1.807) is 0 Å². The minimum Gasteiger partial charge on any atom is -0.468 e. The number of para-hydroxylation sites is 1. The van der Waals surface area contributed by atoms with Crippen molar-refractivity contribution in [1.29, 1.82) is 0 Å². The lowest BCUT2D eigenvalue weighted by molar-refractivity contribution is -0.148. The molecule has 0 unspecified atom stereocenters. The van der Waals surface area contributed by atoms with E-state index < -0.39 is 0 Å². The van der Waals surface area contributed by atoms with E-state index in [2.05, 4.69) is 34.1 Å². The van der Waals surface area contributed by atoms with Crippen molar-refractivity contribution in [2.75, 3.05) is 13.7 Å². The second kappa shape index (κ2) is 6.60. The van der Waals surface area contributed by atoms with Gasteiger partial charge < -0.3 is 9.72 Å². The van der Waals surface area contributed by atoms with E-state index in [4.69, 9.17) is 4.74 Å². The highest BCUT2D eigenvalue weighted by atomic mass is 16.5. The van der Waals surface area contributed by atoms with Crippen LogP contribution in [0.2, 0.25) is 0 Å². The van der Waals surface area contributed by atoms with Crippen molar-refractivity contribution in [3.63, 3.8) is 0 Å². The number of aromatic amines is 1. The van der Waals surface area contributed by atoms with E-state index >= 15 is 0 Å². The Hall–Kier alpha value is -1.81. The maximum absolute atomic E-state index is 12.4. The topological polar surface area (TPSA) is 45.3 Å². The van der Waals surface area contributed by atoms with Gasteiger partial charge in [-0.3, -0.25) is 9.69 Å². The van der Waals surface area contributed by atoms with E-state index in [9.17, 15) is 4.79 Å². The molecular formula is C20H26N2O2. The molecule has 128 valence electrons. The molecule has 4 rings (SSSR count). The van der Waals surface area contributed by atoms with Crippen molar-refractivity contribution in [1.82, 2.24) is 9.88 Å². The van der Waals surface area contributed by atoms with Gasteiger partial charge in [-0.05, 0) is 30.4 Å². The van der Waals surface area contributed by atoms with Gasteiger partial charge in [0.2, 0.25) is 0 Å². The molecule has 2 heterocycles. The van der Waals surface area contributed by atoms with Crippen LogP contribution in [0.3, 0.4) is 0 Å². The number of ether oxygens (including phenoxy) is 1. The zero-order valence-corrected chi connectivity index (χ0v) is 14.4. The summed E-state index contributed by atoms with van der Waals surface area (Å²) in [6, 6.07) is 8.24. The molecule has 0 bridgehead atoms. The van der Waals surface area contributed by atoms with Gasteiger partial charge in [0.15, 0.2) is 0 Å². The SMILES string of the molecule is COC(=O)[C@@H]1Cc2c([nH]c3ccccc23)CN1CC1CCCCC1. The van der Waals surface area contributed by atoms with Crippen LogP contribution in [0.1, 0.15) is 43.4 Å². The molecule has 0 amide bonds. The lowest BCUT2D eigenvalue weighted by Gasteiger charge is -2.37. The number of rotatable bonds is 3. The first-order valence-corrected chi connectivity index (χ1v) is 9.16. The molecule has 0 radical (unpaired) electrons. The predicted molar refractivity (Wildman–Crippen MR) is 94.8 cm³/mol. The van der Waals surface area contributed by atoms with Gasteiger partial charge in [-0.15, -0.1) is 0 Å². The van der Waals surface area contributed by atoms with Crippen molar-refractivity contribution in [3.8, 4) is 0 Å². The molecule has 2 aromatic rings. The van der Waals surface area contributed by atoms with Gasteiger partial charge in [-0.1, -0.05) is 37.5 Å². The fourth-order valence-corrected chi connectivity index (χ4v) is 4.52. The van der Waals surface area contributed by atoms with Crippen LogP contribution in [-0.2, 0) is 22.5 Å². The predicted octanol–water partition coefficient (Wildman–Crippen LogP) is 3.65. The zero-order chi connectivity index (χ0) is 16.5. The summed E-state index contributed by atoms with van der Waals surface area (Å²) in [5.74, 6) is 0.624. The van der Waals surface area contributed by atoms with Crippen LogP contribution in [0.5, 0.6) is 0 Å². The van der Waals surface area contributed by atoms with Gasteiger partial charge in [0, 0.05) is 36.1 Å². The van der Waals surface area contributed by atoms with Crippen LogP contribution in [0.4, 0.5) is 0 Å². The van der Waals surface area contributed by atoms with E-state index in [1.165, 1.54) is 61.4 Å². The van der Waals surface area contributed by atoms with Crippen molar-refractivity contribution in [2.45, 2.75) is 51.1 Å². The molecule has 1 fully saturated rings. The highest BCUT2D eigenvalue weighted by molar-refractivity contribution is 5.86. The molecule has 1 aromatic heterocycles. The molecule has 1 atom stereocenters. The maximum atomic E-state index is 12.4. The molecule has 1 aromatic carbocycles. The Kier molecular flexibility index (Phi) is 4.31. The summed E-state index contributed by atoms with van der Waals surface area (Å²) in [6.45, 7) is 1.83. The van der Waals surface area contributed by atoms with Crippen LogP contribution in [0.25, 0.3) is 10.9 Å². The standard InChI is InChI=1S/C20H26N2O2/c1-24-20(23)19-11-16-15-9-5-6-10-17(15)21-18(16)13-22(19)12-14-7-3-2-4-8-14/h5-6,9-10,14,19,21H,2-4,7-8,11-13H2,1H3/t19-/m0/s1. The highest BCUT2D eigenvalue weighted by Crippen LogP contribution is 2.33. The van der Waals surface area contributed by atoms with Gasteiger partial charge in [0.05, 0.1) is 7.11 Å². The lowest BCUT2D eigenvalue weighted by Crippen LogP contribution is -2.48. The number of nitrogens with one attached hydrogen (secondary N) is 1. The molecule has 4 heteroatoms. The molecule has 2 aliphatic rings. The van der Waals surface area contributed by atoms with E-state index in [1.807, 2.05) is 0 Å². The molecule has 1 saturated carbocycles. The number of carbonyl (C=O) groups excluding carboxylic acids is 1. The van der Waals surface area contributed by atoms with Crippen LogP contribution in [0.15, 0.2) is 24.3 Å². The Morgan fingerprint density at radius 1 is 1.25 bits per heavy atom. The van der Waals surface area contributed by atoms with Gasteiger partial charge in [-0.2, -0.15) is 0 Å². The second-order valence-corrected chi connectivity index (χ2v) is 7.30. The van der Waals surface area contributed by atoms with E-state index in [0.717, 1.165) is 25.4 Å². The third kappa shape index (κ3) is 2.84. The van der Waals surface area contributed by atoms with Gasteiger partial charge in [0.25, 0.3) is 0 Å². The number of methoxy groups -OCH3 is 1. The number of carbonyl (C=O) groups is 1. The van der Waals surface area contributed by atoms with Crippen molar-refractivity contribution in [3.05, 3.63) is 35.5 Å². The van der Waals surface area contributed by atoms with Gasteiger partial charge >= 0.3 is 5.97 Å². The first-order chi connectivity index (χ1) is 11.8. The number of aromatic nitrogens is 1. The summed E-state index contributed by atoms with van der Waals surface area (Å²) < 4.78 is 5.12. The maximum Gasteiger partial charge on any atom is 0.323 e. The van der Waals surface area contributed by atoms with Crippen molar-refractivity contribution in [2.24, 2.45) is 5.92 Å². The zero-order valence-electron chi connectivity index (χ0n) is 14.4. The quantitative estimate of drug-likeness (QED) is 0.876. The van der Waals surface area contributed by atoms with Crippen LogP contribution < -0.4 is 0 Å². The first kappa shape index (κ1) is 15.7. The summed E-state index contributed by atoms with van der Waals surface area (Å²) >= 11 is 0. The minimum atomic E-state index is -0.149. The van der Waals surface area contributed by atoms with Gasteiger partial charge in [0.1, 0.15) is 6.04 Å². The molecule has 1 aliphatic heterocycles. The molecule has 1 aliphatic carbocycles. The number of esters is 1. The average Bonchev–Trinajstić information content (AvgIpc) is 2.98.